The number of aromatic nitrogens is 2. The standard InChI is InChI=1S/C19H18FN3O/c20-13-5-3-4-12(10-13)14-11-17(14)23-19(24)9-8-18-21-15-6-1-2-7-16(15)22-18/h1-7,10,14,17H,8-9,11H2,(H,21,22)(H,23,24)/t14-,17+/m0/s1. The Bertz CT molecular complexity index is 856. The van der Waals surface area contributed by atoms with E-state index in [4.69, 9.17) is 0 Å². The van der Waals surface area contributed by atoms with E-state index in [2.05, 4.69) is 15.3 Å². The Balaban J connectivity index is 1.30. The van der Waals surface area contributed by atoms with E-state index in [0.29, 0.717) is 12.8 Å². The number of amides is 1. The number of carbonyl (C=O) groups is 1. The van der Waals surface area contributed by atoms with Gasteiger partial charge < -0.3 is 10.3 Å². The van der Waals surface area contributed by atoms with Crippen LogP contribution in [0.25, 0.3) is 11.0 Å². The van der Waals surface area contributed by atoms with Gasteiger partial charge in [0.05, 0.1) is 11.0 Å². The topological polar surface area (TPSA) is 57.8 Å². The summed E-state index contributed by atoms with van der Waals surface area (Å²) in [7, 11) is 0. The quantitative estimate of drug-likeness (QED) is 0.757. The first kappa shape index (κ1) is 14.9. The number of hydrogen-bond acceptors (Lipinski definition) is 2. The summed E-state index contributed by atoms with van der Waals surface area (Å²) in [5.41, 5.74) is 2.86. The molecule has 1 fully saturated rings. The molecular weight excluding hydrogens is 305 g/mol. The maximum absolute atomic E-state index is 13.2. The van der Waals surface area contributed by atoms with Crippen molar-refractivity contribution >= 4 is 16.9 Å². The van der Waals surface area contributed by atoms with Gasteiger partial charge in [-0.1, -0.05) is 24.3 Å². The van der Waals surface area contributed by atoms with Crippen molar-refractivity contribution in [3.8, 4) is 0 Å². The summed E-state index contributed by atoms with van der Waals surface area (Å²) in [6, 6.07) is 14.5. The summed E-state index contributed by atoms with van der Waals surface area (Å²) in [6.07, 6.45) is 1.85. The molecule has 0 unspecified atom stereocenters. The van der Waals surface area contributed by atoms with Crippen molar-refractivity contribution in [1.29, 1.82) is 0 Å². The highest BCUT2D eigenvalue weighted by Crippen LogP contribution is 2.40. The van der Waals surface area contributed by atoms with Crippen molar-refractivity contribution in [2.45, 2.75) is 31.2 Å². The molecule has 5 heteroatoms. The number of rotatable bonds is 5. The van der Waals surface area contributed by atoms with Crippen molar-refractivity contribution in [3.05, 3.63) is 65.7 Å². The van der Waals surface area contributed by atoms with Crippen LogP contribution in [-0.2, 0) is 11.2 Å². The number of halogens is 1. The van der Waals surface area contributed by atoms with Gasteiger partial charge in [0.25, 0.3) is 0 Å². The third kappa shape index (κ3) is 3.15. The molecule has 0 spiro atoms. The Kier molecular flexibility index (Phi) is 3.76. The maximum atomic E-state index is 13.2. The Morgan fingerprint density at radius 2 is 2.12 bits per heavy atom. The molecule has 2 atom stereocenters. The zero-order valence-corrected chi connectivity index (χ0v) is 13.1. The molecule has 1 aromatic heterocycles. The van der Waals surface area contributed by atoms with Crippen LogP contribution in [0, 0.1) is 5.82 Å². The van der Waals surface area contributed by atoms with Crippen molar-refractivity contribution in [3.63, 3.8) is 0 Å². The van der Waals surface area contributed by atoms with Gasteiger partial charge in [-0.2, -0.15) is 0 Å². The fraction of sp³-hybridized carbons (Fsp3) is 0.263. The van der Waals surface area contributed by atoms with Crippen LogP contribution in [0.2, 0.25) is 0 Å². The fourth-order valence-corrected chi connectivity index (χ4v) is 3.10. The zero-order valence-electron chi connectivity index (χ0n) is 13.1. The normalized spacial score (nSPS) is 19.4. The zero-order chi connectivity index (χ0) is 16.5. The minimum absolute atomic E-state index is 0.0133. The van der Waals surface area contributed by atoms with E-state index in [-0.39, 0.29) is 23.7 Å². The molecule has 4 nitrogen and oxygen atoms in total. The second-order valence-corrected chi connectivity index (χ2v) is 6.27. The lowest BCUT2D eigenvalue weighted by atomic mass is 10.1. The van der Waals surface area contributed by atoms with Crippen LogP contribution in [0.15, 0.2) is 48.5 Å². The Morgan fingerprint density at radius 3 is 2.96 bits per heavy atom. The predicted molar refractivity (Wildman–Crippen MR) is 90.1 cm³/mol. The first-order valence-corrected chi connectivity index (χ1v) is 8.17. The molecule has 122 valence electrons. The number of para-hydroxylation sites is 2. The number of aromatic amines is 1. The van der Waals surface area contributed by atoms with Crippen LogP contribution in [0.1, 0.15) is 30.1 Å². The highest BCUT2D eigenvalue weighted by molar-refractivity contribution is 5.78. The van der Waals surface area contributed by atoms with Crippen LogP contribution >= 0.6 is 0 Å². The molecule has 1 aliphatic rings. The van der Waals surface area contributed by atoms with Crippen LogP contribution in [-0.4, -0.2) is 21.9 Å². The summed E-state index contributed by atoms with van der Waals surface area (Å²) >= 11 is 0. The van der Waals surface area contributed by atoms with Crippen LogP contribution in [0.4, 0.5) is 4.39 Å². The lowest BCUT2D eigenvalue weighted by Gasteiger charge is -2.04. The minimum atomic E-state index is -0.227. The first-order chi connectivity index (χ1) is 11.7. The molecular formula is C19H18FN3O. The van der Waals surface area contributed by atoms with Crippen molar-refractivity contribution in [2.75, 3.05) is 0 Å². The number of carbonyl (C=O) groups excluding carboxylic acids is 1. The number of hydrogen-bond donors (Lipinski definition) is 2. The molecule has 2 aromatic carbocycles. The molecule has 0 radical (unpaired) electrons. The van der Waals surface area contributed by atoms with Gasteiger partial charge in [0.15, 0.2) is 0 Å². The van der Waals surface area contributed by atoms with Gasteiger partial charge in [-0.05, 0) is 36.2 Å². The monoisotopic (exact) mass is 323 g/mol. The second kappa shape index (κ2) is 6.07. The number of imidazole rings is 1. The molecule has 1 amide bonds. The Morgan fingerprint density at radius 1 is 1.25 bits per heavy atom. The first-order valence-electron chi connectivity index (χ1n) is 8.17. The van der Waals surface area contributed by atoms with Gasteiger partial charge in [-0.15, -0.1) is 0 Å². The van der Waals surface area contributed by atoms with E-state index in [1.165, 1.54) is 6.07 Å². The van der Waals surface area contributed by atoms with Crippen LogP contribution in [0.3, 0.4) is 0 Å². The highest BCUT2D eigenvalue weighted by atomic mass is 19.1. The summed E-state index contributed by atoms with van der Waals surface area (Å²) < 4.78 is 13.2. The summed E-state index contributed by atoms with van der Waals surface area (Å²) in [6.45, 7) is 0. The average molecular weight is 323 g/mol. The molecule has 4 rings (SSSR count). The SMILES string of the molecule is O=C(CCc1nc2ccccc2[nH]1)N[C@@H]1C[C@H]1c1cccc(F)c1. The van der Waals surface area contributed by atoms with E-state index < -0.39 is 0 Å². The third-order valence-electron chi connectivity index (χ3n) is 4.44. The van der Waals surface area contributed by atoms with Crippen molar-refractivity contribution in [2.24, 2.45) is 0 Å². The average Bonchev–Trinajstić information content (AvgIpc) is 3.20. The Labute approximate surface area is 139 Å². The molecule has 0 bridgehead atoms. The van der Waals surface area contributed by atoms with Gasteiger partial charge in [0, 0.05) is 24.8 Å². The summed E-state index contributed by atoms with van der Waals surface area (Å²) in [4.78, 5) is 19.8. The number of fused-ring (bicyclic) bond motifs is 1. The number of H-pyrrole nitrogens is 1. The molecule has 1 aliphatic carbocycles. The van der Waals surface area contributed by atoms with Crippen LogP contribution in [0.5, 0.6) is 0 Å². The van der Waals surface area contributed by atoms with E-state index in [1.54, 1.807) is 12.1 Å². The molecule has 0 aliphatic heterocycles. The summed E-state index contributed by atoms with van der Waals surface area (Å²) in [5.74, 6) is 0.841. The second-order valence-electron chi connectivity index (χ2n) is 6.27. The van der Waals surface area contributed by atoms with Crippen LogP contribution < -0.4 is 5.32 Å². The maximum Gasteiger partial charge on any atom is 0.220 e. The van der Waals surface area contributed by atoms with Gasteiger partial charge in [-0.25, -0.2) is 9.37 Å². The van der Waals surface area contributed by atoms with E-state index in [9.17, 15) is 9.18 Å². The molecule has 0 saturated heterocycles. The lowest BCUT2D eigenvalue weighted by Crippen LogP contribution is -2.26. The highest BCUT2D eigenvalue weighted by Gasteiger charge is 2.39. The largest absolute Gasteiger partial charge is 0.353 e. The van der Waals surface area contributed by atoms with Gasteiger partial charge in [0.2, 0.25) is 5.91 Å². The lowest BCUT2D eigenvalue weighted by molar-refractivity contribution is -0.121. The number of nitrogens with zero attached hydrogens (tertiary/aromatic N) is 1. The van der Waals surface area contributed by atoms with Crippen molar-refractivity contribution < 1.29 is 9.18 Å². The molecule has 24 heavy (non-hydrogen) atoms. The van der Waals surface area contributed by atoms with E-state index in [0.717, 1.165) is 28.8 Å². The van der Waals surface area contributed by atoms with E-state index in [1.807, 2.05) is 30.3 Å². The van der Waals surface area contributed by atoms with Gasteiger partial charge in [0.1, 0.15) is 11.6 Å². The smallest absolute Gasteiger partial charge is 0.220 e. The summed E-state index contributed by atoms with van der Waals surface area (Å²) in [5, 5.41) is 3.02. The number of aryl methyl sites for hydroxylation is 1. The van der Waals surface area contributed by atoms with Gasteiger partial charge >= 0.3 is 0 Å². The van der Waals surface area contributed by atoms with Crippen molar-refractivity contribution in [1.82, 2.24) is 15.3 Å². The minimum Gasteiger partial charge on any atom is -0.353 e. The third-order valence-corrected chi connectivity index (χ3v) is 4.44. The molecule has 3 aromatic rings. The van der Waals surface area contributed by atoms with E-state index >= 15 is 0 Å². The molecule has 1 saturated carbocycles. The molecule has 2 N–H and O–H groups in total. The predicted octanol–water partition coefficient (Wildman–Crippen LogP) is 3.31. The Hall–Kier alpha value is -2.69. The van der Waals surface area contributed by atoms with Gasteiger partial charge in [-0.3, -0.25) is 4.79 Å². The number of nitrogens with one attached hydrogen (secondary N) is 2. The fourth-order valence-electron chi connectivity index (χ4n) is 3.10. The number of benzene rings is 2. The molecule has 1 heterocycles.